The Bertz CT molecular complexity index is 462. The minimum absolute atomic E-state index is 0.0819. The van der Waals surface area contributed by atoms with Gasteiger partial charge in [0.15, 0.2) is 5.82 Å². The molecular formula is C10H13N5O2. The number of nitrogens with two attached hydrogens (primary N) is 1. The maximum atomic E-state index is 11.5. The number of carbonyl (C=O) groups is 2. The van der Waals surface area contributed by atoms with Crippen molar-refractivity contribution in [3.8, 4) is 0 Å². The molecule has 0 spiro atoms. The normalized spacial score (nSPS) is 20.4. The number of piperazine rings is 1. The number of hydrogen-bond donors (Lipinski definition) is 2. The monoisotopic (exact) mass is 235 g/mol. The molecule has 1 aliphatic heterocycles. The largest absolute Gasteiger partial charge is 0.334 e. The summed E-state index contributed by atoms with van der Waals surface area (Å²) < 4.78 is 0. The highest BCUT2D eigenvalue weighted by Crippen LogP contribution is 2.19. The summed E-state index contributed by atoms with van der Waals surface area (Å²) in [5, 5.41) is 9.99. The third-order valence-electron chi connectivity index (χ3n) is 2.70. The molecule has 90 valence electrons. The number of anilines is 1. The molecular weight excluding hydrogens is 222 g/mol. The van der Waals surface area contributed by atoms with Crippen LogP contribution in [0.25, 0.3) is 0 Å². The summed E-state index contributed by atoms with van der Waals surface area (Å²) in [4.78, 5) is 24.5. The molecule has 0 aliphatic carbocycles. The maximum Gasteiger partial charge on any atom is 0.249 e. The van der Waals surface area contributed by atoms with Crippen molar-refractivity contribution in [2.45, 2.75) is 19.5 Å². The van der Waals surface area contributed by atoms with Crippen molar-refractivity contribution in [1.82, 2.24) is 15.5 Å². The van der Waals surface area contributed by atoms with E-state index in [0.29, 0.717) is 5.82 Å². The molecule has 1 aliphatic rings. The quantitative estimate of drug-likeness (QED) is 0.623. The van der Waals surface area contributed by atoms with Gasteiger partial charge < -0.3 is 10.6 Å². The van der Waals surface area contributed by atoms with Crippen LogP contribution in [-0.2, 0) is 16.1 Å². The van der Waals surface area contributed by atoms with E-state index in [1.807, 2.05) is 0 Å². The summed E-state index contributed by atoms with van der Waals surface area (Å²) in [5.74, 6) is -0.192. The predicted molar refractivity (Wildman–Crippen MR) is 59.9 cm³/mol. The van der Waals surface area contributed by atoms with Crippen LogP contribution in [0.2, 0.25) is 0 Å². The second-order valence-corrected chi connectivity index (χ2v) is 3.80. The Morgan fingerprint density at radius 2 is 2.35 bits per heavy atom. The molecule has 7 heteroatoms. The molecule has 1 unspecified atom stereocenters. The van der Waals surface area contributed by atoms with Crippen molar-refractivity contribution >= 4 is 17.6 Å². The molecule has 1 aromatic heterocycles. The highest BCUT2D eigenvalue weighted by atomic mass is 16.2. The lowest BCUT2D eigenvalue weighted by atomic mass is 10.1. The van der Waals surface area contributed by atoms with E-state index in [0.717, 1.165) is 5.56 Å². The van der Waals surface area contributed by atoms with Crippen LogP contribution < -0.4 is 16.0 Å². The average molecular weight is 235 g/mol. The molecule has 3 N–H and O–H groups in total. The zero-order chi connectivity index (χ0) is 12.4. The van der Waals surface area contributed by atoms with Gasteiger partial charge >= 0.3 is 0 Å². The molecule has 1 fully saturated rings. The molecule has 7 nitrogen and oxygen atoms in total. The zero-order valence-electron chi connectivity index (χ0n) is 9.38. The van der Waals surface area contributed by atoms with Crippen LogP contribution in [0.3, 0.4) is 0 Å². The Morgan fingerprint density at radius 3 is 3.06 bits per heavy atom. The van der Waals surface area contributed by atoms with Crippen LogP contribution in [0, 0.1) is 0 Å². The molecule has 2 heterocycles. The fourth-order valence-electron chi connectivity index (χ4n) is 1.72. The van der Waals surface area contributed by atoms with E-state index in [-0.39, 0.29) is 24.9 Å². The molecule has 17 heavy (non-hydrogen) atoms. The number of imide groups is 1. The minimum Gasteiger partial charge on any atom is -0.334 e. The first-order valence-electron chi connectivity index (χ1n) is 5.24. The van der Waals surface area contributed by atoms with Gasteiger partial charge in [-0.3, -0.25) is 14.9 Å². The van der Waals surface area contributed by atoms with Gasteiger partial charge in [0, 0.05) is 12.1 Å². The van der Waals surface area contributed by atoms with Gasteiger partial charge in [-0.25, -0.2) is 0 Å². The van der Waals surface area contributed by atoms with Crippen molar-refractivity contribution in [2.75, 3.05) is 11.4 Å². The van der Waals surface area contributed by atoms with E-state index in [2.05, 4.69) is 15.5 Å². The molecule has 1 atom stereocenters. The number of nitrogens with zero attached hydrogens (tertiary/aromatic N) is 3. The second-order valence-electron chi connectivity index (χ2n) is 3.80. The van der Waals surface area contributed by atoms with Gasteiger partial charge in [0.05, 0.1) is 12.7 Å². The molecule has 0 saturated carbocycles. The fourth-order valence-corrected chi connectivity index (χ4v) is 1.72. The Kier molecular flexibility index (Phi) is 3.01. The molecule has 0 bridgehead atoms. The van der Waals surface area contributed by atoms with Crippen molar-refractivity contribution in [3.63, 3.8) is 0 Å². The topological polar surface area (TPSA) is 101 Å². The average Bonchev–Trinajstić information content (AvgIpc) is 2.33. The van der Waals surface area contributed by atoms with E-state index in [9.17, 15) is 9.59 Å². The Labute approximate surface area is 98.0 Å². The summed E-state index contributed by atoms with van der Waals surface area (Å²) in [6.45, 7) is 2.07. The SMILES string of the molecule is CC1C(=O)NC(=O)CN1c1nnccc1CN. The number of hydrogen-bond acceptors (Lipinski definition) is 6. The highest BCUT2D eigenvalue weighted by Gasteiger charge is 2.32. The third-order valence-corrected chi connectivity index (χ3v) is 2.70. The number of rotatable bonds is 2. The number of aromatic nitrogens is 2. The number of amides is 2. The van der Waals surface area contributed by atoms with Crippen molar-refractivity contribution in [3.05, 3.63) is 17.8 Å². The summed E-state index contributed by atoms with van der Waals surface area (Å²) >= 11 is 0. The molecule has 0 radical (unpaired) electrons. The van der Waals surface area contributed by atoms with Gasteiger partial charge in [0.25, 0.3) is 0 Å². The van der Waals surface area contributed by atoms with E-state index in [1.165, 1.54) is 6.20 Å². The van der Waals surface area contributed by atoms with Gasteiger partial charge in [0.1, 0.15) is 6.04 Å². The molecule has 1 saturated heterocycles. The lowest BCUT2D eigenvalue weighted by Crippen LogP contribution is -2.57. The van der Waals surface area contributed by atoms with E-state index in [4.69, 9.17) is 5.73 Å². The summed E-state index contributed by atoms with van der Waals surface area (Å²) in [6, 6.07) is 1.26. The second kappa shape index (κ2) is 4.46. The fraction of sp³-hybridized carbons (Fsp3) is 0.400. The van der Waals surface area contributed by atoms with Crippen LogP contribution in [0.1, 0.15) is 12.5 Å². The van der Waals surface area contributed by atoms with Gasteiger partial charge in [-0.15, -0.1) is 5.10 Å². The first-order valence-corrected chi connectivity index (χ1v) is 5.24. The maximum absolute atomic E-state index is 11.5. The number of nitrogens with one attached hydrogen (secondary N) is 1. The standard InChI is InChI=1S/C10H13N5O2/c1-6-10(17)13-8(16)5-15(6)9-7(4-11)2-3-12-14-9/h2-3,6H,4-5,11H2,1H3,(H,13,16,17). The van der Waals surface area contributed by atoms with E-state index < -0.39 is 6.04 Å². The lowest BCUT2D eigenvalue weighted by molar-refractivity contribution is -0.132. The third kappa shape index (κ3) is 2.09. The van der Waals surface area contributed by atoms with Crippen molar-refractivity contribution < 1.29 is 9.59 Å². The van der Waals surface area contributed by atoms with Crippen LogP contribution in [-0.4, -0.2) is 34.6 Å². The van der Waals surface area contributed by atoms with E-state index >= 15 is 0 Å². The van der Waals surface area contributed by atoms with Gasteiger partial charge in [-0.05, 0) is 13.0 Å². The van der Waals surface area contributed by atoms with Crippen molar-refractivity contribution in [2.24, 2.45) is 5.73 Å². The lowest BCUT2D eigenvalue weighted by Gasteiger charge is -2.33. The van der Waals surface area contributed by atoms with E-state index in [1.54, 1.807) is 17.9 Å². The summed E-state index contributed by atoms with van der Waals surface area (Å²) in [7, 11) is 0. The summed E-state index contributed by atoms with van der Waals surface area (Å²) in [6.07, 6.45) is 1.53. The Morgan fingerprint density at radius 1 is 1.59 bits per heavy atom. The summed E-state index contributed by atoms with van der Waals surface area (Å²) in [5.41, 5.74) is 6.35. The van der Waals surface area contributed by atoms with Gasteiger partial charge in [0.2, 0.25) is 11.8 Å². The van der Waals surface area contributed by atoms with Crippen LogP contribution in [0.4, 0.5) is 5.82 Å². The van der Waals surface area contributed by atoms with Crippen LogP contribution >= 0.6 is 0 Å². The minimum atomic E-state index is -0.463. The van der Waals surface area contributed by atoms with Crippen LogP contribution in [0.15, 0.2) is 12.3 Å². The Balaban J connectivity index is 2.37. The smallest absolute Gasteiger partial charge is 0.249 e. The van der Waals surface area contributed by atoms with Gasteiger partial charge in [-0.2, -0.15) is 5.10 Å². The van der Waals surface area contributed by atoms with Crippen molar-refractivity contribution in [1.29, 1.82) is 0 Å². The molecule has 2 rings (SSSR count). The predicted octanol–water partition coefficient (Wildman–Crippen LogP) is -1.21. The molecule has 0 aromatic carbocycles. The first-order chi connectivity index (χ1) is 8.13. The first kappa shape index (κ1) is 11.5. The molecule has 1 aromatic rings. The van der Waals surface area contributed by atoms with Gasteiger partial charge in [-0.1, -0.05) is 0 Å². The zero-order valence-corrected chi connectivity index (χ0v) is 9.38. The molecule has 2 amide bonds. The highest BCUT2D eigenvalue weighted by molar-refractivity contribution is 6.04. The number of carbonyl (C=O) groups excluding carboxylic acids is 2. The van der Waals surface area contributed by atoms with Crippen LogP contribution in [0.5, 0.6) is 0 Å². The Hall–Kier alpha value is -2.02.